The third kappa shape index (κ3) is 2.53. The fraction of sp³-hybridized carbons (Fsp3) is 0.133. The van der Waals surface area contributed by atoms with Gasteiger partial charge in [-0.15, -0.1) is 0 Å². The number of nitrogens with one attached hydrogen (secondary N) is 1. The van der Waals surface area contributed by atoms with Gasteiger partial charge < -0.3 is 5.32 Å². The molecule has 1 atom stereocenters. The van der Waals surface area contributed by atoms with E-state index in [-0.39, 0.29) is 10.7 Å². The van der Waals surface area contributed by atoms with Gasteiger partial charge in [0.25, 0.3) is 0 Å². The highest BCUT2D eigenvalue weighted by molar-refractivity contribution is 9.09. The van der Waals surface area contributed by atoms with Gasteiger partial charge in [-0.3, -0.25) is 4.79 Å². The average Bonchev–Trinajstić information content (AvgIpc) is 2.76. The number of hydrogen-bond acceptors (Lipinski definition) is 1. The summed E-state index contributed by atoms with van der Waals surface area (Å²) in [6.45, 7) is 0. The summed E-state index contributed by atoms with van der Waals surface area (Å²) in [6, 6.07) is 13.8. The van der Waals surface area contributed by atoms with E-state index >= 15 is 0 Å². The summed E-state index contributed by atoms with van der Waals surface area (Å²) in [6.07, 6.45) is 0.457. The number of rotatable bonds is 2. The Morgan fingerprint density at radius 3 is 2.74 bits per heavy atom. The minimum absolute atomic E-state index is 0.0565. The Morgan fingerprint density at radius 2 is 1.95 bits per heavy atom. The van der Waals surface area contributed by atoms with Crippen LogP contribution < -0.4 is 5.32 Å². The highest BCUT2D eigenvalue weighted by Crippen LogP contribution is 2.35. The molecule has 19 heavy (non-hydrogen) atoms. The number of hydrogen-bond donors (Lipinski definition) is 1. The van der Waals surface area contributed by atoms with Crippen LogP contribution in [0.15, 0.2) is 42.5 Å². The average molecular weight is 337 g/mol. The summed E-state index contributed by atoms with van der Waals surface area (Å²) in [4.78, 5) is 11.4. The van der Waals surface area contributed by atoms with Crippen LogP contribution in [-0.2, 0) is 11.2 Å². The van der Waals surface area contributed by atoms with E-state index in [0.29, 0.717) is 6.42 Å². The van der Waals surface area contributed by atoms with Crippen molar-refractivity contribution in [1.82, 2.24) is 0 Å². The Bertz CT molecular complexity index is 656. The van der Waals surface area contributed by atoms with Crippen LogP contribution in [0.1, 0.15) is 21.5 Å². The van der Waals surface area contributed by atoms with Crippen LogP contribution >= 0.6 is 27.5 Å². The van der Waals surface area contributed by atoms with E-state index in [4.69, 9.17) is 11.6 Å². The molecule has 2 aromatic carbocycles. The molecule has 0 saturated heterocycles. The highest BCUT2D eigenvalue weighted by Gasteiger charge is 2.19. The molecule has 96 valence electrons. The Labute approximate surface area is 124 Å². The molecular formula is C15H11BrClNO. The SMILES string of the molecule is O=C1Cc2cc(C(Br)c3cccc(Cl)c3)ccc2N1. The topological polar surface area (TPSA) is 29.1 Å². The van der Waals surface area contributed by atoms with Crippen molar-refractivity contribution in [2.24, 2.45) is 0 Å². The van der Waals surface area contributed by atoms with Gasteiger partial charge in [0.15, 0.2) is 0 Å². The summed E-state index contributed by atoms with van der Waals surface area (Å²) >= 11 is 9.70. The zero-order valence-corrected chi connectivity index (χ0v) is 12.3. The molecule has 2 nitrogen and oxygen atoms in total. The maximum atomic E-state index is 11.4. The molecule has 0 spiro atoms. The van der Waals surface area contributed by atoms with Crippen molar-refractivity contribution in [1.29, 1.82) is 0 Å². The number of benzene rings is 2. The Balaban J connectivity index is 1.95. The first-order valence-corrected chi connectivity index (χ1v) is 7.25. The Hall–Kier alpha value is -1.32. The molecule has 0 saturated carbocycles. The van der Waals surface area contributed by atoms with Crippen molar-refractivity contribution < 1.29 is 4.79 Å². The normalized spacial score (nSPS) is 14.9. The van der Waals surface area contributed by atoms with Crippen LogP contribution in [0, 0.1) is 0 Å². The van der Waals surface area contributed by atoms with Crippen LogP contribution in [0.4, 0.5) is 5.69 Å². The van der Waals surface area contributed by atoms with Gasteiger partial charge in [0, 0.05) is 10.7 Å². The van der Waals surface area contributed by atoms with Gasteiger partial charge in [-0.2, -0.15) is 0 Å². The second-order valence-electron chi connectivity index (χ2n) is 4.56. The van der Waals surface area contributed by atoms with Crippen molar-refractivity contribution in [3.05, 3.63) is 64.2 Å². The van der Waals surface area contributed by atoms with E-state index < -0.39 is 0 Å². The Morgan fingerprint density at radius 1 is 1.16 bits per heavy atom. The van der Waals surface area contributed by atoms with Crippen LogP contribution in [0.2, 0.25) is 5.02 Å². The van der Waals surface area contributed by atoms with Crippen LogP contribution in [-0.4, -0.2) is 5.91 Å². The third-order valence-electron chi connectivity index (χ3n) is 3.19. The van der Waals surface area contributed by atoms with E-state index in [1.54, 1.807) is 0 Å². The van der Waals surface area contributed by atoms with Gasteiger partial charge in [-0.1, -0.05) is 51.8 Å². The lowest BCUT2D eigenvalue weighted by Gasteiger charge is -2.12. The van der Waals surface area contributed by atoms with E-state index in [9.17, 15) is 4.79 Å². The number of anilines is 1. The second kappa shape index (κ2) is 4.99. The molecule has 0 bridgehead atoms. The second-order valence-corrected chi connectivity index (χ2v) is 5.91. The minimum Gasteiger partial charge on any atom is -0.326 e. The minimum atomic E-state index is 0.0565. The number of halogens is 2. The molecule has 0 aromatic heterocycles. The Kier molecular flexibility index (Phi) is 3.33. The maximum absolute atomic E-state index is 11.4. The van der Waals surface area contributed by atoms with Crippen molar-refractivity contribution in [2.75, 3.05) is 5.32 Å². The third-order valence-corrected chi connectivity index (χ3v) is 4.48. The molecule has 1 unspecified atom stereocenters. The lowest BCUT2D eigenvalue weighted by Crippen LogP contribution is -2.03. The number of alkyl halides is 1. The smallest absolute Gasteiger partial charge is 0.228 e. The monoisotopic (exact) mass is 335 g/mol. The molecular weight excluding hydrogens is 326 g/mol. The summed E-state index contributed by atoms with van der Waals surface area (Å²) < 4.78 is 0. The van der Waals surface area contributed by atoms with Gasteiger partial charge in [0.1, 0.15) is 0 Å². The molecule has 2 aromatic rings. The molecule has 3 rings (SSSR count). The number of fused-ring (bicyclic) bond motifs is 1. The van der Waals surface area contributed by atoms with Crippen molar-refractivity contribution >= 4 is 39.1 Å². The number of carbonyl (C=O) groups excluding carboxylic acids is 1. The van der Waals surface area contributed by atoms with E-state index in [1.165, 1.54) is 0 Å². The first-order valence-electron chi connectivity index (χ1n) is 5.96. The van der Waals surface area contributed by atoms with Crippen molar-refractivity contribution in [3.63, 3.8) is 0 Å². The van der Waals surface area contributed by atoms with E-state index in [2.05, 4.69) is 27.3 Å². The highest BCUT2D eigenvalue weighted by atomic mass is 79.9. The van der Waals surface area contributed by atoms with E-state index in [1.807, 2.05) is 36.4 Å². The molecule has 1 N–H and O–H groups in total. The van der Waals surface area contributed by atoms with Gasteiger partial charge in [0.2, 0.25) is 5.91 Å². The number of carbonyl (C=O) groups is 1. The van der Waals surface area contributed by atoms with Gasteiger partial charge in [0.05, 0.1) is 11.2 Å². The molecule has 1 aliphatic rings. The first-order chi connectivity index (χ1) is 9.13. The molecule has 0 radical (unpaired) electrons. The van der Waals surface area contributed by atoms with Gasteiger partial charge in [-0.25, -0.2) is 0 Å². The van der Waals surface area contributed by atoms with Crippen LogP contribution in [0.5, 0.6) is 0 Å². The zero-order chi connectivity index (χ0) is 13.4. The lowest BCUT2D eigenvalue weighted by molar-refractivity contribution is -0.115. The van der Waals surface area contributed by atoms with Gasteiger partial charge >= 0.3 is 0 Å². The summed E-state index contributed by atoms with van der Waals surface area (Å²) in [5.74, 6) is 0.0565. The van der Waals surface area contributed by atoms with E-state index in [0.717, 1.165) is 27.4 Å². The summed E-state index contributed by atoms with van der Waals surface area (Å²) in [5.41, 5.74) is 4.19. The van der Waals surface area contributed by atoms with Crippen molar-refractivity contribution in [2.45, 2.75) is 11.2 Å². The molecule has 1 amide bonds. The molecule has 1 aliphatic heterocycles. The van der Waals surface area contributed by atoms with Gasteiger partial charge in [-0.05, 0) is 34.9 Å². The fourth-order valence-corrected chi connectivity index (χ4v) is 3.03. The van der Waals surface area contributed by atoms with Crippen molar-refractivity contribution in [3.8, 4) is 0 Å². The summed E-state index contributed by atoms with van der Waals surface area (Å²) in [7, 11) is 0. The fourth-order valence-electron chi connectivity index (χ4n) is 2.26. The van der Waals surface area contributed by atoms with Crippen LogP contribution in [0.3, 0.4) is 0 Å². The first kappa shape index (κ1) is 12.7. The summed E-state index contributed by atoms with van der Waals surface area (Å²) in [5, 5.41) is 3.56. The zero-order valence-electron chi connectivity index (χ0n) is 9.99. The number of amides is 1. The molecule has 0 fully saturated rings. The predicted molar refractivity (Wildman–Crippen MR) is 81.0 cm³/mol. The quantitative estimate of drug-likeness (QED) is 0.813. The van der Waals surface area contributed by atoms with Crippen LogP contribution in [0.25, 0.3) is 0 Å². The molecule has 0 aliphatic carbocycles. The molecule has 1 heterocycles. The largest absolute Gasteiger partial charge is 0.326 e. The standard InChI is InChI=1S/C15H11BrClNO/c16-15(9-2-1-3-12(17)7-9)10-4-5-13-11(6-10)8-14(19)18-13/h1-7,15H,8H2,(H,18,19). The maximum Gasteiger partial charge on any atom is 0.228 e. The molecule has 4 heteroatoms. The lowest BCUT2D eigenvalue weighted by atomic mass is 10.0. The predicted octanol–water partition coefficient (Wildman–Crippen LogP) is 4.32.